The van der Waals surface area contributed by atoms with Gasteiger partial charge in [0, 0.05) is 11.9 Å². The van der Waals surface area contributed by atoms with Crippen molar-refractivity contribution in [1.29, 1.82) is 5.26 Å². The van der Waals surface area contributed by atoms with Crippen molar-refractivity contribution in [2.24, 2.45) is 0 Å². The highest BCUT2D eigenvalue weighted by Crippen LogP contribution is 2.27. The van der Waals surface area contributed by atoms with E-state index in [-0.39, 0.29) is 0 Å². The molecular formula is C13H11N3. The molecule has 1 aromatic heterocycles. The number of aromatic nitrogens is 1. The number of nitrogens with zero attached hydrogens (tertiary/aromatic N) is 3. The number of anilines is 1. The number of nitriles is 1. The van der Waals surface area contributed by atoms with E-state index in [1.807, 2.05) is 18.2 Å². The lowest BCUT2D eigenvalue weighted by Crippen LogP contribution is -2.25. The van der Waals surface area contributed by atoms with E-state index in [1.54, 1.807) is 4.90 Å². The van der Waals surface area contributed by atoms with Gasteiger partial charge in [-0.15, -0.1) is 0 Å². The molecule has 0 atom stereocenters. The Morgan fingerprint density at radius 1 is 1.31 bits per heavy atom. The molecule has 0 saturated heterocycles. The molecule has 1 aliphatic rings. The lowest BCUT2D eigenvalue weighted by Gasteiger charge is -2.23. The van der Waals surface area contributed by atoms with Crippen LogP contribution in [0.15, 0.2) is 30.3 Å². The first kappa shape index (κ1) is 9.17. The SMILES string of the molecule is N#CN1CCCc2cc3ccccc3nc21. The maximum Gasteiger partial charge on any atom is 0.185 e. The van der Waals surface area contributed by atoms with Gasteiger partial charge >= 0.3 is 0 Å². The number of rotatable bonds is 0. The van der Waals surface area contributed by atoms with Gasteiger partial charge < -0.3 is 0 Å². The third kappa shape index (κ3) is 1.31. The molecule has 0 aliphatic carbocycles. The fourth-order valence-corrected chi connectivity index (χ4v) is 2.20. The van der Waals surface area contributed by atoms with Crippen molar-refractivity contribution >= 4 is 16.7 Å². The van der Waals surface area contributed by atoms with Crippen molar-refractivity contribution in [3.8, 4) is 6.19 Å². The Balaban J connectivity index is 2.26. The summed E-state index contributed by atoms with van der Waals surface area (Å²) < 4.78 is 0. The van der Waals surface area contributed by atoms with Crippen LogP contribution in [0, 0.1) is 11.5 Å². The summed E-state index contributed by atoms with van der Waals surface area (Å²) in [7, 11) is 0. The predicted molar refractivity (Wildman–Crippen MR) is 63.0 cm³/mol. The van der Waals surface area contributed by atoms with Crippen molar-refractivity contribution in [1.82, 2.24) is 4.98 Å². The van der Waals surface area contributed by atoms with Gasteiger partial charge in [0.15, 0.2) is 6.19 Å². The summed E-state index contributed by atoms with van der Waals surface area (Å²) >= 11 is 0. The molecule has 0 bridgehead atoms. The van der Waals surface area contributed by atoms with Crippen molar-refractivity contribution in [3.63, 3.8) is 0 Å². The molecular weight excluding hydrogens is 198 g/mol. The van der Waals surface area contributed by atoms with E-state index in [0.29, 0.717) is 0 Å². The summed E-state index contributed by atoms with van der Waals surface area (Å²) in [4.78, 5) is 6.26. The molecule has 0 fully saturated rings. The van der Waals surface area contributed by atoms with Crippen LogP contribution in [0.4, 0.5) is 5.82 Å². The second-order valence-electron chi connectivity index (χ2n) is 4.02. The van der Waals surface area contributed by atoms with Gasteiger partial charge in [-0.05, 0) is 30.5 Å². The molecule has 0 unspecified atom stereocenters. The van der Waals surface area contributed by atoms with Gasteiger partial charge in [-0.2, -0.15) is 5.26 Å². The molecule has 1 aromatic carbocycles. The first-order valence-corrected chi connectivity index (χ1v) is 5.44. The van der Waals surface area contributed by atoms with Crippen LogP contribution in [0.3, 0.4) is 0 Å². The topological polar surface area (TPSA) is 39.9 Å². The van der Waals surface area contributed by atoms with Crippen LogP contribution in [0.5, 0.6) is 0 Å². The number of para-hydroxylation sites is 1. The molecule has 0 radical (unpaired) electrons. The van der Waals surface area contributed by atoms with Crippen LogP contribution in [0.2, 0.25) is 0 Å². The lowest BCUT2D eigenvalue weighted by atomic mass is 10.0. The molecule has 0 saturated carbocycles. The molecule has 3 heteroatoms. The summed E-state index contributed by atoms with van der Waals surface area (Å²) in [5, 5.41) is 10.2. The maximum absolute atomic E-state index is 9.05. The minimum atomic E-state index is 0.787. The monoisotopic (exact) mass is 209 g/mol. The molecule has 0 spiro atoms. The highest BCUT2D eigenvalue weighted by molar-refractivity contribution is 5.82. The summed E-state index contributed by atoms with van der Waals surface area (Å²) in [6.07, 6.45) is 4.24. The van der Waals surface area contributed by atoms with Crippen molar-refractivity contribution in [3.05, 3.63) is 35.9 Å². The molecule has 0 amide bonds. The Labute approximate surface area is 93.9 Å². The third-order valence-electron chi connectivity index (χ3n) is 2.98. The standard InChI is InChI=1S/C13H11N3/c14-9-16-7-3-5-11-8-10-4-1-2-6-12(10)15-13(11)16/h1-2,4,6,8H,3,5,7H2. The van der Waals surface area contributed by atoms with Crippen molar-refractivity contribution < 1.29 is 0 Å². The normalized spacial score (nSPS) is 14.6. The summed E-state index contributed by atoms with van der Waals surface area (Å²) in [5.41, 5.74) is 2.15. The third-order valence-corrected chi connectivity index (χ3v) is 2.98. The van der Waals surface area contributed by atoms with Crippen LogP contribution >= 0.6 is 0 Å². The molecule has 2 aromatic rings. The highest BCUT2D eigenvalue weighted by Gasteiger charge is 2.18. The number of fused-ring (bicyclic) bond motifs is 2. The smallest absolute Gasteiger partial charge is 0.185 e. The second kappa shape index (κ2) is 3.49. The zero-order chi connectivity index (χ0) is 11.0. The van der Waals surface area contributed by atoms with Gasteiger partial charge in [0.25, 0.3) is 0 Å². The number of aryl methyl sites for hydroxylation is 1. The number of hydrogen-bond acceptors (Lipinski definition) is 3. The molecule has 3 nitrogen and oxygen atoms in total. The van der Waals surface area contributed by atoms with Gasteiger partial charge in [0.05, 0.1) is 5.52 Å². The minimum absolute atomic E-state index is 0.787. The second-order valence-corrected chi connectivity index (χ2v) is 4.02. The average molecular weight is 209 g/mol. The molecule has 1 aliphatic heterocycles. The van der Waals surface area contributed by atoms with Crippen molar-refractivity contribution in [2.75, 3.05) is 11.4 Å². The Hall–Kier alpha value is -2.08. The molecule has 78 valence electrons. The van der Waals surface area contributed by atoms with Crippen LogP contribution in [-0.2, 0) is 6.42 Å². The molecule has 0 N–H and O–H groups in total. The largest absolute Gasteiger partial charge is 0.263 e. The summed E-state index contributed by atoms with van der Waals surface area (Å²) in [6.45, 7) is 0.787. The van der Waals surface area contributed by atoms with Crippen molar-refractivity contribution in [2.45, 2.75) is 12.8 Å². The highest BCUT2D eigenvalue weighted by atomic mass is 15.2. The quantitative estimate of drug-likeness (QED) is 0.626. The first-order chi connectivity index (χ1) is 7.88. The average Bonchev–Trinajstić information content (AvgIpc) is 2.35. The zero-order valence-electron chi connectivity index (χ0n) is 8.85. The Morgan fingerprint density at radius 3 is 3.06 bits per heavy atom. The lowest BCUT2D eigenvalue weighted by molar-refractivity contribution is 0.757. The van der Waals surface area contributed by atoms with Crippen LogP contribution in [-0.4, -0.2) is 11.5 Å². The maximum atomic E-state index is 9.05. The van der Waals surface area contributed by atoms with E-state index in [4.69, 9.17) is 5.26 Å². The predicted octanol–water partition coefficient (Wildman–Crippen LogP) is 2.47. The Kier molecular flexibility index (Phi) is 2.00. The fourth-order valence-electron chi connectivity index (χ4n) is 2.20. The number of pyridine rings is 1. The van der Waals surface area contributed by atoms with Gasteiger partial charge in [-0.25, -0.2) is 4.98 Å². The van der Waals surface area contributed by atoms with E-state index in [2.05, 4.69) is 23.3 Å². The van der Waals surface area contributed by atoms with Crippen LogP contribution in [0.1, 0.15) is 12.0 Å². The van der Waals surface area contributed by atoms with Crippen LogP contribution < -0.4 is 4.90 Å². The fraction of sp³-hybridized carbons (Fsp3) is 0.231. The van der Waals surface area contributed by atoms with E-state index in [1.165, 1.54) is 5.56 Å². The van der Waals surface area contributed by atoms with E-state index >= 15 is 0 Å². The number of hydrogen-bond donors (Lipinski definition) is 0. The summed E-state index contributed by atoms with van der Waals surface area (Å²) in [6, 6.07) is 10.2. The number of benzene rings is 1. The van der Waals surface area contributed by atoms with E-state index in [9.17, 15) is 0 Å². The minimum Gasteiger partial charge on any atom is -0.263 e. The molecule has 2 heterocycles. The van der Waals surface area contributed by atoms with Crippen LogP contribution in [0.25, 0.3) is 10.9 Å². The summed E-state index contributed by atoms with van der Waals surface area (Å²) in [5.74, 6) is 0.840. The van der Waals surface area contributed by atoms with E-state index < -0.39 is 0 Å². The molecule has 16 heavy (non-hydrogen) atoms. The van der Waals surface area contributed by atoms with Gasteiger partial charge in [0.2, 0.25) is 0 Å². The van der Waals surface area contributed by atoms with Gasteiger partial charge in [-0.1, -0.05) is 18.2 Å². The van der Waals surface area contributed by atoms with Gasteiger partial charge in [-0.3, -0.25) is 4.90 Å². The first-order valence-electron chi connectivity index (χ1n) is 5.44. The Bertz CT molecular complexity index is 583. The molecule has 3 rings (SSSR count). The van der Waals surface area contributed by atoms with E-state index in [0.717, 1.165) is 36.1 Å². The zero-order valence-corrected chi connectivity index (χ0v) is 8.85. The Morgan fingerprint density at radius 2 is 2.19 bits per heavy atom. The van der Waals surface area contributed by atoms with Gasteiger partial charge in [0.1, 0.15) is 5.82 Å².